The van der Waals surface area contributed by atoms with Gasteiger partial charge in [0.15, 0.2) is 5.82 Å². The van der Waals surface area contributed by atoms with Gasteiger partial charge in [0.2, 0.25) is 0 Å². The zero-order valence-electron chi connectivity index (χ0n) is 10.4. The Morgan fingerprint density at radius 3 is 2.42 bits per heavy atom. The van der Waals surface area contributed by atoms with E-state index in [4.69, 9.17) is 16.7 Å². The highest BCUT2D eigenvalue weighted by atomic mass is 35.5. The molecular weight excluding hydrogens is 288 g/mol. The van der Waals surface area contributed by atoms with E-state index < -0.39 is 10.0 Å². The Morgan fingerprint density at radius 1 is 1.26 bits per heavy atom. The van der Waals surface area contributed by atoms with Crippen LogP contribution in [0.5, 0.6) is 0 Å². The van der Waals surface area contributed by atoms with Gasteiger partial charge in [0.05, 0.1) is 5.02 Å². The zero-order chi connectivity index (χ0) is 14.2. The van der Waals surface area contributed by atoms with Crippen LogP contribution in [0, 0.1) is 0 Å². The summed E-state index contributed by atoms with van der Waals surface area (Å²) in [6.07, 6.45) is 0. The van der Waals surface area contributed by atoms with Crippen LogP contribution >= 0.6 is 11.6 Å². The molecule has 0 aliphatic carbocycles. The van der Waals surface area contributed by atoms with Crippen LogP contribution in [0.25, 0.3) is 11.4 Å². The maximum absolute atomic E-state index is 11.5. The molecule has 0 fully saturated rings. The molecule has 0 unspecified atom stereocenters. The van der Waals surface area contributed by atoms with Gasteiger partial charge >= 0.3 is 0 Å². The summed E-state index contributed by atoms with van der Waals surface area (Å²) in [6, 6.07) is 6.85. The number of aromatic nitrogens is 3. The molecule has 0 aliphatic heterocycles. The normalized spacial score (nSPS) is 12.1. The van der Waals surface area contributed by atoms with Gasteiger partial charge < -0.3 is 0 Å². The average Bonchev–Trinajstić information content (AvgIpc) is 2.73. The first-order valence-electron chi connectivity index (χ1n) is 5.55. The number of halogens is 1. The van der Waals surface area contributed by atoms with Gasteiger partial charge in [-0.25, -0.2) is 13.6 Å². The van der Waals surface area contributed by atoms with E-state index in [1.807, 2.05) is 13.8 Å². The Balaban J connectivity index is 2.74. The lowest BCUT2D eigenvalue weighted by atomic mass is 10.2. The third-order valence-electron chi connectivity index (χ3n) is 2.55. The minimum atomic E-state index is -3.93. The molecule has 0 aliphatic rings. The number of nitrogens with two attached hydrogens (primary N) is 1. The fourth-order valence-electron chi connectivity index (χ4n) is 1.76. The summed E-state index contributed by atoms with van der Waals surface area (Å²) in [7, 11) is -3.93. The van der Waals surface area contributed by atoms with Crippen molar-refractivity contribution < 1.29 is 8.42 Å². The summed E-state index contributed by atoms with van der Waals surface area (Å²) < 4.78 is 24.5. The second-order valence-electron chi connectivity index (χ2n) is 4.29. The number of nitrogens with zero attached hydrogens (tertiary/aromatic N) is 3. The van der Waals surface area contributed by atoms with Gasteiger partial charge in [0.1, 0.15) is 0 Å². The summed E-state index contributed by atoms with van der Waals surface area (Å²) in [4.78, 5) is 0. The summed E-state index contributed by atoms with van der Waals surface area (Å²) in [5, 5.41) is 12.9. The summed E-state index contributed by atoms with van der Waals surface area (Å²) in [6.45, 7) is 3.64. The average molecular weight is 301 g/mol. The van der Waals surface area contributed by atoms with Crippen LogP contribution in [0.4, 0.5) is 0 Å². The topological polar surface area (TPSA) is 90.9 Å². The van der Waals surface area contributed by atoms with E-state index in [-0.39, 0.29) is 11.2 Å². The lowest BCUT2D eigenvalue weighted by molar-refractivity contribution is 0.524. The highest BCUT2D eigenvalue weighted by molar-refractivity contribution is 7.89. The molecule has 102 valence electrons. The van der Waals surface area contributed by atoms with Crippen molar-refractivity contribution in [3.8, 4) is 11.4 Å². The van der Waals surface area contributed by atoms with Crippen molar-refractivity contribution in [3.63, 3.8) is 0 Å². The van der Waals surface area contributed by atoms with E-state index >= 15 is 0 Å². The number of hydrogen-bond donors (Lipinski definition) is 1. The molecule has 0 amide bonds. The van der Waals surface area contributed by atoms with E-state index in [0.717, 1.165) is 0 Å². The smallest absolute Gasteiger partial charge is 0.273 e. The van der Waals surface area contributed by atoms with Gasteiger partial charge in [0, 0.05) is 11.6 Å². The lowest BCUT2D eigenvalue weighted by Crippen LogP contribution is -2.20. The van der Waals surface area contributed by atoms with Crippen LogP contribution in [-0.4, -0.2) is 23.2 Å². The Hall–Kier alpha value is -1.44. The maximum atomic E-state index is 11.5. The van der Waals surface area contributed by atoms with E-state index in [2.05, 4.69) is 10.2 Å². The molecule has 0 bridgehead atoms. The quantitative estimate of drug-likeness (QED) is 0.936. The molecule has 2 aromatic rings. The van der Waals surface area contributed by atoms with Crippen LogP contribution in [-0.2, 0) is 10.0 Å². The first-order valence-corrected chi connectivity index (χ1v) is 7.47. The molecular formula is C11H13ClN4O2S. The second-order valence-corrected chi connectivity index (χ2v) is 6.16. The van der Waals surface area contributed by atoms with Crippen LogP contribution in [0.1, 0.15) is 19.9 Å². The van der Waals surface area contributed by atoms with Crippen LogP contribution in [0.3, 0.4) is 0 Å². The highest BCUT2D eigenvalue weighted by Gasteiger charge is 2.24. The van der Waals surface area contributed by atoms with Crippen molar-refractivity contribution in [2.24, 2.45) is 5.14 Å². The molecule has 0 atom stereocenters. The van der Waals surface area contributed by atoms with Crippen LogP contribution < -0.4 is 5.14 Å². The van der Waals surface area contributed by atoms with Crippen molar-refractivity contribution in [1.29, 1.82) is 0 Å². The monoisotopic (exact) mass is 300 g/mol. The molecule has 8 heteroatoms. The second kappa shape index (κ2) is 4.92. The minimum Gasteiger partial charge on any atom is -0.294 e. The van der Waals surface area contributed by atoms with Gasteiger partial charge in [-0.2, -0.15) is 0 Å². The van der Waals surface area contributed by atoms with Crippen molar-refractivity contribution in [3.05, 3.63) is 29.3 Å². The van der Waals surface area contributed by atoms with E-state index in [1.165, 1.54) is 4.57 Å². The summed E-state index contributed by atoms with van der Waals surface area (Å²) in [5.74, 6) is 0.379. The van der Waals surface area contributed by atoms with Gasteiger partial charge in [-0.05, 0) is 26.0 Å². The lowest BCUT2D eigenvalue weighted by Gasteiger charge is -2.13. The number of primary sulfonamides is 1. The number of benzene rings is 1. The standard InChI is InChI=1S/C11H13ClN4O2S/c1-7(2)16-10(8-5-3-4-6-9(8)12)14-15-11(16)19(13,17)18/h3-7H,1-2H3,(H2,13,17,18). The Morgan fingerprint density at radius 2 is 1.89 bits per heavy atom. The maximum Gasteiger partial charge on any atom is 0.273 e. The van der Waals surface area contributed by atoms with Gasteiger partial charge in [-0.15, -0.1) is 10.2 Å². The highest BCUT2D eigenvalue weighted by Crippen LogP contribution is 2.29. The molecule has 0 saturated carbocycles. The fraction of sp³-hybridized carbons (Fsp3) is 0.273. The molecule has 6 nitrogen and oxygen atoms in total. The molecule has 1 aromatic carbocycles. The Labute approximate surface area is 116 Å². The van der Waals surface area contributed by atoms with Crippen molar-refractivity contribution in [2.75, 3.05) is 0 Å². The van der Waals surface area contributed by atoms with Gasteiger partial charge in [-0.3, -0.25) is 4.57 Å². The third kappa shape index (κ3) is 2.63. The van der Waals surface area contributed by atoms with Crippen molar-refractivity contribution >= 4 is 21.6 Å². The van der Waals surface area contributed by atoms with E-state index in [9.17, 15) is 8.42 Å². The molecule has 19 heavy (non-hydrogen) atoms. The molecule has 0 spiro atoms. The van der Waals surface area contributed by atoms with E-state index in [0.29, 0.717) is 16.4 Å². The summed E-state index contributed by atoms with van der Waals surface area (Å²) >= 11 is 6.10. The van der Waals surface area contributed by atoms with Crippen LogP contribution in [0.2, 0.25) is 5.02 Å². The van der Waals surface area contributed by atoms with Crippen molar-refractivity contribution in [1.82, 2.24) is 14.8 Å². The van der Waals surface area contributed by atoms with Crippen molar-refractivity contribution in [2.45, 2.75) is 25.0 Å². The molecule has 0 saturated heterocycles. The number of rotatable bonds is 3. The molecule has 1 heterocycles. The third-order valence-corrected chi connectivity index (χ3v) is 3.67. The first-order chi connectivity index (χ1) is 8.82. The predicted octanol–water partition coefficient (Wildman–Crippen LogP) is 1.83. The van der Waals surface area contributed by atoms with Crippen LogP contribution in [0.15, 0.2) is 29.4 Å². The SMILES string of the molecule is CC(C)n1c(-c2ccccc2Cl)nnc1S(N)(=O)=O. The number of sulfonamides is 1. The molecule has 2 rings (SSSR count). The predicted molar refractivity (Wildman–Crippen MR) is 72.2 cm³/mol. The van der Waals surface area contributed by atoms with E-state index in [1.54, 1.807) is 24.3 Å². The zero-order valence-corrected chi connectivity index (χ0v) is 12.0. The first kappa shape index (κ1) is 14.0. The largest absolute Gasteiger partial charge is 0.294 e. The fourth-order valence-corrected chi connectivity index (χ4v) is 2.71. The molecule has 2 N–H and O–H groups in total. The molecule has 0 radical (unpaired) electrons. The minimum absolute atomic E-state index is 0.172. The molecule has 1 aromatic heterocycles. The number of hydrogen-bond acceptors (Lipinski definition) is 4. The summed E-state index contributed by atoms with van der Waals surface area (Å²) in [5.41, 5.74) is 0.611. The Bertz CT molecular complexity index is 709. The van der Waals surface area contributed by atoms with Gasteiger partial charge in [0.25, 0.3) is 15.2 Å². The van der Waals surface area contributed by atoms with Gasteiger partial charge in [-0.1, -0.05) is 23.7 Å². The Kier molecular flexibility index (Phi) is 3.62.